The zero-order valence-electron chi connectivity index (χ0n) is 13.1. The molecule has 0 saturated heterocycles. The zero-order valence-corrected chi connectivity index (χ0v) is 14.3. The summed E-state index contributed by atoms with van der Waals surface area (Å²) in [6.07, 6.45) is 1.55. The molecule has 0 radical (unpaired) electrons. The van der Waals surface area contributed by atoms with E-state index in [0.29, 0.717) is 16.8 Å². The van der Waals surface area contributed by atoms with Crippen LogP contribution in [0.4, 0.5) is 10.1 Å². The highest BCUT2D eigenvalue weighted by Gasteiger charge is 2.26. The van der Waals surface area contributed by atoms with Crippen LogP contribution in [0.1, 0.15) is 36.7 Å². The topological polar surface area (TPSA) is 81.0 Å². The number of nitrogens with two attached hydrogens (primary N) is 1. The van der Waals surface area contributed by atoms with E-state index in [9.17, 15) is 9.18 Å². The minimum atomic E-state index is -1.69. The molecule has 2 atom stereocenters. The number of rotatable bonds is 3. The number of benzene rings is 1. The number of nitrogens with zero attached hydrogens (tertiary/aromatic N) is 1. The third kappa shape index (κ3) is 3.83. The molecule has 3 N–H and O–H groups in total. The van der Waals surface area contributed by atoms with Crippen molar-refractivity contribution in [3.8, 4) is 11.3 Å². The number of carbonyl (C=O) groups excluding carboxylic acids is 1. The van der Waals surface area contributed by atoms with Crippen molar-refractivity contribution in [2.75, 3.05) is 12.8 Å². The van der Waals surface area contributed by atoms with Gasteiger partial charge in [-0.15, -0.1) is 0 Å². The van der Waals surface area contributed by atoms with E-state index in [0.717, 1.165) is 0 Å². The number of ether oxygens (including phenoxy) is 1. The molecule has 22 heavy (non-hydrogen) atoms. The second kappa shape index (κ2) is 7.36. The molecule has 0 aliphatic carbocycles. The average molecular weight is 325 g/mol. The number of aromatic nitrogens is 2. The fourth-order valence-electron chi connectivity index (χ4n) is 1.94. The fourth-order valence-corrected chi connectivity index (χ4v) is 2.18. The Morgan fingerprint density at radius 2 is 2.09 bits per heavy atom. The van der Waals surface area contributed by atoms with Crippen LogP contribution in [0.5, 0.6) is 0 Å². The molecular formula is C15H21FN3O2P. The highest BCUT2D eigenvalue weighted by Crippen LogP contribution is 2.40. The summed E-state index contributed by atoms with van der Waals surface area (Å²) in [4.78, 5) is 11.7. The Morgan fingerprint density at radius 1 is 1.45 bits per heavy atom. The third-order valence-electron chi connectivity index (χ3n) is 2.91. The van der Waals surface area contributed by atoms with Gasteiger partial charge in [-0.2, -0.15) is 5.10 Å². The number of hydrogen-bond acceptors (Lipinski definition) is 4. The smallest absolute Gasteiger partial charge is 0.339 e. The van der Waals surface area contributed by atoms with Gasteiger partial charge in [-0.05, 0) is 25.1 Å². The first-order valence-electron chi connectivity index (χ1n) is 6.84. The monoisotopic (exact) mass is 325 g/mol. The van der Waals surface area contributed by atoms with Crippen molar-refractivity contribution in [1.82, 2.24) is 10.2 Å². The number of anilines is 1. The van der Waals surface area contributed by atoms with E-state index in [1.54, 1.807) is 12.3 Å². The molecule has 0 saturated carbocycles. The number of methoxy groups -OCH3 is 1. The summed E-state index contributed by atoms with van der Waals surface area (Å²) in [7, 11) is 3.38. The fraction of sp³-hybridized carbons (Fsp3) is 0.333. The maximum atomic E-state index is 14.3. The molecular weight excluding hydrogens is 304 g/mol. The van der Waals surface area contributed by atoms with E-state index in [1.165, 1.54) is 26.2 Å². The van der Waals surface area contributed by atoms with Crippen molar-refractivity contribution in [2.45, 2.75) is 26.2 Å². The summed E-state index contributed by atoms with van der Waals surface area (Å²) >= 11 is 0. The number of aromatic amines is 1. The molecule has 0 aliphatic rings. The van der Waals surface area contributed by atoms with Crippen molar-refractivity contribution in [1.29, 1.82) is 0 Å². The molecule has 0 aliphatic heterocycles. The highest BCUT2D eigenvalue weighted by molar-refractivity contribution is 7.18. The molecule has 5 nitrogen and oxygen atoms in total. The summed E-state index contributed by atoms with van der Waals surface area (Å²) in [6, 6.07) is 4.63. The lowest BCUT2D eigenvalue weighted by molar-refractivity contribution is 0.0602. The summed E-state index contributed by atoms with van der Waals surface area (Å²) in [5.74, 6) is -0.570. The van der Waals surface area contributed by atoms with Gasteiger partial charge in [-0.25, -0.2) is 9.18 Å². The Hall–Kier alpha value is -1.94. The van der Waals surface area contributed by atoms with Crippen molar-refractivity contribution >= 4 is 20.9 Å². The van der Waals surface area contributed by atoms with Crippen LogP contribution in [-0.2, 0) is 10.1 Å². The predicted octanol–water partition coefficient (Wildman–Crippen LogP) is 3.49. The quantitative estimate of drug-likeness (QED) is 0.514. The van der Waals surface area contributed by atoms with Crippen molar-refractivity contribution in [3.05, 3.63) is 35.5 Å². The Morgan fingerprint density at radius 3 is 2.55 bits per heavy atom. The number of esters is 1. The van der Waals surface area contributed by atoms with Gasteiger partial charge in [0.05, 0.1) is 18.4 Å². The first kappa shape index (κ1) is 18.1. The molecule has 0 bridgehead atoms. The SMILES string of the molecule is CC.COC(=O)c1cc(-c2ccn[nH]2)c(C(C)(F)P)cc1N. The minimum Gasteiger partial charge on any atom is -0.465 e. The number of alkyl halides is 1. The molecule has 7 heteroatoms. The zero-order chi connectivity index (χ0) is 16.9. The lowest BCUT2D eigenvalue weighted by atomic mass is 9.96. The largest absolute Gasteiger partial charge is 0.465 e. The Bertz CT molecular complexity index is 637. The highest BCUT2D eigenvalue weighted by atomic mass is 31.0. The molecule has 1 aromatic heterocycles. The maximum Gasteiger partial charge on any atom is 0.339 e. The number of halogens is 1. The summed E-state index contributed by atoms with van der Waals surface area (Å²) < 4.78 is 19.0. The van der Waals surface area contributed by atoms with Crippen LogP contribution >= 0.6 is 9.24 Å². The van der Waals surface area contributed by atoms with E-state index in [4.69, 9.17) is 5.73 Å². The van der Waals surface area contributed by atoms with E-state index in [1.807, 2.05) is 13.8 Å². The number of nitrogen functional groups attached to an aromatic ring is 1. The molecule has 0 amide bonds. The molecule has 2 unspecified atom stereocenters. The minimum absolute atomic E-state index is 0.168. The van der Waals surface area contributed by atoms with Gasteiger partial charge in [0, 0.05) is 23.0 Å². The summed E-state index contributed by atoms with van der Waals surface area (Å²) in [5, 5.41) is 4.90. The normalized spacial score (nSPS) is 12.8. The van der Waals surface area contributed by atoms with Gasteiger partial charge in [0.15, 0.2) is 0 Å². The molecule has 1 aromatic carbocycles. The predicted molar refractivity (Wildman–Crippen MR) is 89.3 cm³/mol. The number of nitrogens with one attached hydrogen (secondary N) is 1. The van der Waals surface area contributed by atoms with Gasteiger partial charge in [-0.1, -0.05) is 23.1 Å². The molecule has 0 spiro atoms. The standard InChI is InChI=1S/C13H15FN3O2P.C2H6/c1-13(14,20)9-6-10(15)8(12(18)19-2)5-7(9)11-3-4-16-17-11;1-2/h3-6H,15,20H2,1-2H3,(H,16,17);1-2H3. The Labute approximate surface area is 131 Å². The van der Waals surface area contributed by atoms with Crippen LogP contribution in [0.15, 0.2) is 24.4 Å². The lowest BCUT2D eigenvalue weighted by Gasteiger charge is -2.20. The van der Waals surface area contributed by atoms with Gasteiger partial charge in [0.1, 0.15) is 5.41 Å². The van der Waals surface area contributed by atoms with Crippen molar-refractivity contribution < 1.29 is 13.9 Å². The second-order valence-corrected chi connectivity index (χ2v) is 5.61. The molecule has 0 fully saturated rings. The van der Waals surface area contributed by atoms with Crippen LogP contribution in [0.25, 0.3) is 11.3 Å². The van der Waals surface area contributed by atoms with E-state index in [2.05, 4.69) is 24.2 Å². The van der Waals surface area contributed by atoms with E-state index in [-0.39, 0.29) is 11.3 Å². The van der Waals surface area contributed by atoms with Gasteiger partial charge in [-0.3, -0.25) is 5.10 Å². The summed E-state index contributed by atoms with van der Waals surface area (Å²) in [5.41, 5.74) is 7.62. The van der Waals surface area contributed by atoms with Crippen molar-refractivity contribution in [2.24, 2.45) is 0 Å². The van der Waals surface area contributed by atoms with Crippen LogP contribution < -0.4 is 5.73 Å². The average Bonchev–Trinajstić information content (AvgIpc) is 3.01. The molecule has 1 heterocycles. The lowest BCUT2D eigenvalue weighted by Crippen LogP contribution is -2.12. The number of H-pyrrole nitrogens is 1. The number of carbonyl (C=O) groups is 1. The Kier molecular flexibility index (Phi) is 6.06. The number of hydrogen-bond donors (Lipinski definition) is 2. The van der Waals surface area contributed by atoms with E-state index < -0.39 is 11.4 Å². The van der Waals surface area contributed by atoms with Gasteiger partial charge in [0.25, 0.3) is 0 Å². The second-order valence-electron chi connectivity index (χ2n) is 4.52. The van der Waals surface area contributed by atoms with Crippen LogP contribution in [-0.4, -0.2) is 23.3 Å². The first-order valence-corrected chi connectivity index (χ1v) is 7.42. The molecule has 2 aromatic rings. The van der Waals surface area contributed by atoms with Crippen LogP contribution in [0, 0.1) is 0 Å². The third-order valence-corrected chi connectivity index (χ3v) is 3.22. The molecule has 2 rings (SSSR count). The van der Waals surface area contributed by atoms with Crippen molar-refractivity contribution in [3.63, 3.8) is 0 Å². The van der Waals surface area contributed by atoms with E-state index >= 15 is 0 Å². The maximum absolute atomic E-state index is 14.3. The van der Waals surface area contributed by atoms with Crippen LogP contribution in [0.2, 0.25) is 0 Å². The van der Waals surface area contributed by atoms with Gasteiger partial charge < -0.3 is 10.5 Å². The Balaban J connectivity index is 0.00000116. The summed E-state index contributed by atoms with van der Waals surface area (Å²) in [6.45, 7) is 5.39. The first-order chi connectivity index (χ1) is 10.3. The van der Waals surface area contributed by atoms with Crippen LogP contribution in [0.3, 0.4) is 0 Å². The molecule has 120 valence electrons. The van der Waals surface area contributed by atoms with Gasteiger partial charge >= 0.3 is 5.97 Å². The van der Waals surface area contributed by atoms with Gasteiger partial charge in [0.2, 0.25) is 0 Å².